The first-order valence-electron chi connectivity index (χ1n) is 9.22. The van der Waals surface area contributed by atoms with Crippen molar-refractivity contribution in [3.05, 3.63) is 60.2 Å². The van der Waals surface area contributed by atoms with Gasteiger partial charge in [0.1, 0.15) is 0 Å². The molecule has 2 aromatic rings. The Morgan fingerprint density at radius 3 is 2.52 bits per heavy atom. The van der Waals surface area contributed by atoms with Gasteiger partial charge in [0, 0.05) is 12.2 Å². The third-order valence-electron chi connectivity index (χ3n) is 6.02. The molecule has 3 aliphatic rings. The van der Waals surface area contributed by atoms with Crippen LogP contribution < -0.4 is 15.1 Å². The number of rotatable bonds is 1. The van der Waals surface area contributed by atoms with Crippen LogP contribution in [-0.4, -0.2) is 30.4 Å². The van der Waals surface area contributed by atoms with Gasteiger partial charge >= 0.3 is 6.03 Å². The lowest BCUT2D eigenvalue weighted by Gasteiger charge is -2.49. The van der Waals surface area contributed by atoms with E-state index in [1.165, 1.54) is 0 Å². The summed E-state index contributed by atoms with van der Waals surface area (Å²) in [6, 6.07) is 15.8. The van der Waals surface area contributed by atoms with Gasteiger partial charge in [0.15, 0.2) is 5.41 Å². The van der Waals surface area contributed by atoms with E-state index in [1.54, 1.807) is 24.3 Å². The standard InChI is InChI=1S/C21H19N3O3/c25-18-21(19(26)24(20(27)22-18)15-8-2-1-3-9-15)13-14-7-4-5-10-16(14)23-12-6-11-17(21)23/h1-5,7-10,17H,6,11-13H2,(H,22,25,27)/t17-,21-/m0/s1. The highest BCUT2D eigenvalue weighted by Crippen LogP contribution is 2.48. The number of barbiturate groups is 1. The summed E-state index contributed by atoms with van der Waals surface area (Å²) in [6.07, 6.45) is 1.98. The fourth-order valence-corrected chi connectivity index (χ4v) is 4.84. The number of urea groups is 1. The lowest BCUT2D eigenvalue weighted by Crippen LogP contribution is -2.71. The quantitative estimate of drug-likeness (QED) is 0.793. The molecule has 1 N–H and O–H groups in total. The Balaban J connectivity index is 1.67. The fourth-order valence-electron chi connectivity index (χ4n) is 4.84. The third kappa shape index (κ3) is 2.10. The van der Waals surface area contributed by atoms with Crippen LogP contribution in [0.4, 0.5) is 16.2 Å². The predicted molar refractivity (Wildman–Crippen MR) is 100 cm³/mol. The molecule has 3 aliphatic heterocycles. The molecule has 0 radical (unpaired) electrons. The number of imide groups is 2. The van der Waals surface area contributed by atoms with Gasteiger partial charge in [0.2, 0.25) is 5.91 Å². The van der Waals surface area contributed by atoms with E-state index in [0.29, 0.717) is 12.1 Å². The first-order chi connectivity index (χ1) is 13.1. The topological polar surface area (TPSA) is 69.7 Å². The molecule has 6 heteroatoms. The summed E-state index contributed by atoms with van der Waals surface area (Å²) in [4.78, 5) is 42.7. The van der Waals surface area contributed by atoms with E-state index in [-0.39, 0.29) is 6.04 Å². The van der Waals surface area contributed by atoms with E-state index < -0.39 is 23.3 Å². The third-order valence-corrected chi connectivity index (χ3v) is 6.02. The van der Waals surface area contributed by atoms with E-state index in [9.17, 15) is 14.4 Å². The Hall–Kier alpha value is -3.15. The zero-order chi connectivity index (χ0) is 18.6. The Morgan fingerprint density at radius 1 is 0.963 bits per heavy atom. The Labute approximate surface area is 156 Å². The summed E-state index contributed by atoms with van der Waals surface area (Å²) in [5.74, 6) is -0.898. The average Bonchev–Trinajstić information content (AvgIpc) is 3.18. The van der Waals surface area contributed by atoms with Crippen LogP contribution in [-0.2, 0) is 16.0 Å². The summed E-state index contributed by atoms with van der Waals surface area (Å²) >= 11 is 0. The summed E-state index contributed by atoms with van der Waals surface area (Å²) in [7, 11) is 0. The number of carbonyl (C=O) groups excluding carboxylic acids is 3. The maximum atomic E-state index is 13.7. The predicted octanol–water partition coefficient (Wildman–Crippen LogP) is 2.48. The second-order valence-corrected chi connectivity index (χ2v) is 7.36. The molecular formula is C21H19N3O3. The number of fused-ring (bicyclic) bond motifs is 4. The fraction of sp³-hybridized carbons (Fsp3) is 0.286. The first kappa shape index (κ1) is 16.1. The summed E-state index contributed by atoms with van der Waals surface area (Å²) < 4.78 is 0. The molecule has 27 heavy (non-hydrogen) atoms. The zero-order valence-electron chi connectivity index (χ0n) is 14.7. The van der Waals surface area contributed by atoms with E-state index in [0.717, 1.165) is 35.5 Å². The SMILES string of the molecule is O=C1NC(=O)[C@@]2(Cc3ccccc3N3CCC[C@H]32)C(=O)N1c1ccccc1. The molecule has 6 nitrogen and oxygen atoms in total. The van der Waals surface area contributed by atoms with Crippen LogP contribution in [0, 0.1) is 5.41 Å². The minimum Gasteiger partial charge on any atom is -0.367 e. The van der Waals surface area contributed by atoms with Crippen LogP contribution in [0.2, 0.25) is 0 Å². The smallest absolute Gasteiger partial charge is 0.335 e. The van der Waals surface area contributed by atoms with Gasteiger partial charge in [-0.1, -0.05) is 36.4 Å². The Bertz CT molecular complexity index is 958. The largest absolute Gasteiger partial charge is 0.367 e. The number of hydrogen-bond donors (Lipinski definition) is 1. The highest BCUT2D eigenvalue weighted by molar-refractivity contribution is 6.30. The molecule has 0 saturated carbocycles. The van der Waals surface area contributed by atoms with Gasteiger partial charge in [-0.3, -0.25) is 14.9 Å². The molecule has 136 valence electrons. The van der Waals surface area contributed by atoms with Crippen LogP contribution in [0.5, 0.6) is 0 Å². The number of nitrogens with zero attached hydrogens (tertiary/aromatic N) is 2. The zero-order valence-corrected chi connectivity index (χ0v) is 14.7. The second-order valence-electron chi connectivity index (χ2n) is 7.36. The molecule has 2 aromatic carbocycles. The Morgan fingerprint density at radius 2 is 1.70 bits per heavy atom. The van der Waals surface area contributed by atoms with Crippen molar-refractivity contribution in [2.45, 2.75) is 25.3 Å². The molecule has 2 saturated heterocycles. The molecule has 2 atom stereocenters. The first-order valence-corrected chi connectivity index (χ1v) is 9.22. The average molecular weight is 361 g/mol. The van der Waals surface area contributed by atoms with Crippen molar-refractivity contribution >= 4 is 29.2 Å². The van der Waals surface area contributed by atoms with Crippen molar-refractivity contribution in [2.24, 2.45) is 5.41 Å². The van der Waals surface area contributed by atoms with Gasteiger partial charge in [-0.25, -0.2) is 9.69 Å². The number of amides is 4. The lowest BCUT2D eigenvalue weighted by atomic mass is 9.68. The van der Waals surface area contributed by atoms with E-state index in [1.807, 2.05) is 30.3 Å². The van der Waals surface area contributed by atoms with Crippen molar-refractivity contribution in [3.8, 4) is 0 Å². The highest BCUT2D eigenvalue weighted by atomic mass is 16.2. The minimum absolute atomic E-state index is 0.237. The second kappa shape index (κ2) is 5.67. The number of benzene rings is 2. The number of nitrogens with one attached hydrogen (secondary N) is 1. The van der Waals surface area contributed by atoms with Crippen LogP contribution >= 0.6 is 0 Å². The van der Waals surface area contributed by atoms with Crippen LogP contribution in [0.25, 0.3) is 0 Å². The number of carbonyl (C=O) groups is 3. The molecule has 4 amide bonds. The van der Waals surface area contributed by atoms with Gasteiger partial charge in [0.25, 0.3) is 5.91 Å². The molecule has 2 fully saturated rings. The minimum atomic E-state index is -1.28. The van der Waals surface area contributed by atoms with Crippen LogP contribution in [0.15, 0.2) is 54.6 Å². The lowest BCUT2D eigenvalue weighted by molar-refractivity contribution is -0.144. The van der Waals surface area contributed by atoms with Gasteiger partial charge in [-0.05, 0) is 43.0 Å². The summed E-state index contributed by atoms with van der Waals surface area (Å²) in [6.45, 7) is 0.809. The maximum Gasteiger partial charge on any atom is 0.335 e. The van der Waals surface area contributed by atoms with Crippen molar-refractivity contribution in [2.75, 3.05) is 16.3 Å². The summed E-state index contributed by atoms with van der Waals surface area (Å²) in [5, 5.41) is 2.46. The molecule has 0 aliphatic carbocycles. The van der Waals surface area contributed by atoms with Gasteiger partial charge in [-0.15, -0.1) is 0 Å². The monoisotopic (exact) mass is 361 g/mol. The van der Waals surface area contributed by atoms with Crippen LogP contribution in [0.3, 0.4) is 0 Å². The van der Waals surface area contributed by atoms with Gasteiger partial charge in [-0.2, -0.15) is 0 Å². The molecule has 0 bridgehead atoms. The van der Waals surface area contributed by atoms with Crippen molar-refractivity contribution in [1.29, 1.82) is 0 Å². The van der Waals surface area contributed by atoms with Gasteiger partial charge < -0.3 is 4.90 Å². The molecule has 0 unspecified atom stereocenters. The molecule has 5 rings (SSSR count). The van der Waals surface area contributed by atoms with E-state index >= 15 is 0 Å². The van der Waals surface area contributed by atoms with Crippen molar-refractivity contribution in [1.82, 2.24) is 5.32 Å². The molecular weight excluding hydrogens is 342 g/mol. The number of para-hydroxylation sites is 2. The molecule has 0 aromatic heterocycles. The number of hydrogen-bond acceptors (Lipinski definition) is 4. The normalized spacial score (nSPS) is 26.8. The Kier molecular flexibility index (Phi) is 3.37. The maximum absolute atomic E-state index is 13.7. The molecule has 3 heterocycles. The molecule has 1 spiro atoms. The summed E-state index contributed by atoms with van der Waals surface area (Å²) in [5.41, 5.74) is 1.26. The van der Waals surface area contributed by atoms with Crippen molar-refractivity contribution in [3.63, 3.8) is 0 Å². The van der Waals surface area contributed by atoms with E-state index in [2.05, 4.69) is 10.2 Å². The van der Waals surface area contributed by atoms with E-state index in [4.69, 9.17) is 0 Å². The highest BCUT2D eigenvalue weighted by Gasteiger charge is 2.62. The van der Waals surface area contributed by atoms with Gasteiger partial charge in [0.05, 0.1) is 11.7 Å². The van der Waals surface area contributed by atoms with Crippen molar-refractivity contribution < 1.29 is 14.4 Å². The van der Waals surface area contributed by atoms with Crippen LogP contribution in [0.1, 0.15) is 18.4 Å². The number of anilines is 2.